The summed E-state index contributed by atoms with van der Waals surface area (Å²) in [4.78, 5) is 11.2. The number of hydrogen-bond acceptors (Lipinski definition) is 3. The zero-order valence-corrected chi connectivity index (χ0v) is 11.5. The quantitative estimate of drug-likeness (QED) is 0.756. The Labute approximate surface area is 108 Å². The molecule has 3 nitrogen and oxygen atoms in total. The van der Waals surface area contributed by atoms with Gasteiger partial charge in [0.15, 0.2) is 0 Å². The molecule has 1 fully saturated rings. The molecule has 1 aromatic heterocycles. The number of anilines is 1. The Morgan fingerprint density at radius 1 is 1.29 bits per heavy atom. The smallest absolute Gasteiger partial charge is 0.135 e. The molecule has 2 heterocycles. The average molecular weight is 254 g/mol. The predicted octanol–water partition coefficient (Wildman–Crippen LogP) is 3.49. The lowest BCUT2D eigenvalue weighted by atomic mass is 9.99. The highest BCUT2D eigenvalue weighted by atomic mass is 35.5. The summed E-state index contributed by atoms with van der Waals surface area (Å²) in [7, 11) is 0. The van der Waals surface area contributed by atoms with Gasteiger partial charge in [-0.2, -0.15) is 0 Å². The molecule has 4 heteroatoms. The SMILES string of the molecule is CC1CCN(c2cc(Cl)nc(C(C)C)n2)CC1. The van der Waals surface area contributed by atoms with Crippen LogP contribution < -0.4 is 4.90 Å². The number of aromatic nitrogens is 2. The maximum atomic E-state index is 6.06. The molecule has 0 unspecified atom stereocenters. The monoisotopic (exact) mass is 253 g/mol. The fourth-order valence-electron chi connectivity index (χ4n) is 2.08. The second kappa shape index (κ2) is 5.21. The average Bonchev–Trinajstić information content (AvgIpc) is 2.29. The number of nitrogens with zero attached hydrogens (tertiary/aromatic N) is 3. The summed E-state index contributed by atoms with van der Waals surface area (Å²) in [5.74, 6) is 2.97. The van der Waals surface area contributed by atoms with Crippen LogP contribution >= 0.6 is 11.6 Å². The third-order valence-corrected chi connectivity index (χ3v) is 3.52. The van der Waals surface area contributed by atoms with Crippen LogP contribution in [0.2, 0.25) is 5.15 Å². The van der Waals surface area contributed by atoms with Crippen LogP contribution in [0, 0.1) is 5.92 Å². The highest BCUT2D eigenvalue weighted by Gasteiger charge is 2.18. The third kappa shape index (κ3) is 3.09. The van der Waals surface area contributed by atoms with Crippen molar-refractivity contribution in [3.63, 3.8) is 0 Å². The molecule has 0 aromatic carbocycles. The summed E-state index contributed by atoms with van der Waals surface area (Å²) < 4.78 is 0. The van der Waals surface area contributed by atoms with E-state index >= 15 is 0 Å². The summed E-state index contributed by atoms with van der Waals surface area (Å²) in [5.41, 5.74) is 0. The topological polar surface area (TPSA) is 29.0 Å². The highest BCUT2D eigenvalue weighted by molar-refractivity contribution is 6.29. The molecule has 1 aliphatic rings. The van der Waals surface area contributed by atoms with Gasteiger partial charge in [0.2, 0.25) is 0 Å². The van der Waals surface area contributed by atoms with E-state index in [4.69, 9.17) is 11.6 Å². The summed E-state index contributed by atoms with van der Waals surface area (Å²) in [6.45, 7) is 8.64. The van der Waals surface area contributed by atoms with Gasteiger partial charge in [-0.05, 0) is 18.8 Å². The Morgan fingerprint density at radius 3 is 2.53 bits per heavy atom. The van der Waals surface area contributed by atoms with E-state index < -0.39 is 0 Å². The maximum absolute atomic E-state index is 6.06. The molecule has 0 N–H and O–H groups in total. The number of halogens is 1. The molecule has 1 saturated heterocycles. The highest BCUT2D eigenvalue weighted by Crippen LogP contribution is 2.24. The van der Waals surface area contributed by atoms with Crippen LogP contribution in [0.4, 0.5) is 5.82 Å². The third-order valence-electron chi connectivity index (χ3n) is 3.32. The molecule has 94 valence electrons. The number of hydrogen-bond donors (Lipinski definition) is 0. The lowest BCUT2D eigenvalue weighted by Crippen LogP contribution is -2.33. The molecule has 1 aliphatic heterocycles. The normalized spacial score (nSPS) is 17.8. The molecule has 0 radical (unpaired) electrons. The number of rotatable bonds is 2. The lowest BCUT2D eigenvalue weighted by molar-refractivity contribution is 0.436. The fraction of sp³-hybridized carbons (Fsp3) is 0.692. The van der Waals surface area contributed by atoms with Crippen molar-refractivity contribution in [1.82, 2.24) is 9.97 Å². The second-order valence-corrected chi connectivity index (χ2v) is 5.62. The van der Waals surface area contributed by atoms with Gasteiger partial charge < -0.3 is 4.90 Å². The molecule has 0 aliphatic carbocycles. The molecule has 0 amide bonds. The second-order valence-electron chi connectivity index (χ2n) is 5.23. The summed E-state index contributed by atoms with van der Waals surface area (Å²) in [5, 5.41) is 0.553. The Balaban J connectivity index is 2.20. The Morgan fingerprint density at radius 2 is 1.94 bits per heavy atom. The van der Waals surface area contributed by atoms with Gasteiger partial charge in [0.05, 0.1) is 0 Å². The van der Waals surface area contributed by atoms with E-state index in [9.17, 15) is 0 Å². The van der Waals surface area contributed by atoms with Crippen molar-refractivity contribution in [2.45, 2.75) is 39.5 Å². The summed E-state index contributed by atoms with van der Waals surface area (Å²) >= 11 is 6.06. The van der Waals surface area contributed by atoms with Crippen LogP contribution in [0.5, 0.6) is 0 Å². The van der Waals surface area contributed by atoms with Crippen LogP contribution in [0.1, 0.15) is 45.4 Å². The zero-order chi connectivity index (χ0) is 12.4. The first-order valence-electron chi connectivity index (χ1n) is 6.35. The van der Waals surface area contributed by atoms with Crippen molar-refractivity contribution in [3.8, 4) is 0 Å². The van der Waals surface area contributed by atoms with Crippen molar-refractivity contribution in [1.29, 1.82) is 0 Å². The van der Waals surface area contributed by atoms with Crippen LogP contribution in [0.25, 0.3) is 0 Å². The Hall–Kier alpha value is -0.830. The summed E-state index contributed by atoms with van der Waals surface area (Å²) in [6, 6.07) is 1.88. The first kappa shape index (κ1) is 12.6. The van der Waals surface area contributed by atoms with E-state index in [0.29, 0.717) is 11.1 Å². The summed E-state index contributed by atoms with van der Waals surface area (Å²) in [6.07, 6.45) is 2.47. The van der Waals surface area contributed by atoms with Gasteiger partial charge in [-0.3, -0.25) is 0 Å². The molecule has 17 heavy (non-hydrogen) atoms. The molecule has 2 rings (SSSR count). The van der Waals surface area contributed by atoms with Crippen LogP contribution in [-0.4, -0.2) is 23.1 Å². The van der Waals surface area contributed by atoms with E-state index in [1.807, 2.05) is 6.07 Å². The molecule has 0 spiro atoms. The molecule has 1 aromatic rings. The Kier molecular flexibility index (Phi) is 3.87. The van der Waals surface area contributed by atoms with Gasteiger partial charge in [-0.25, -0.2) is 9.97 Å². The minimum Gasteiger partial charge on any atom is -0.356 e. The van der Waals surface area contributed by atoms with E-state index in [-0.39, 0.29) is 0 Å². The predicted molar refractivity (Wildman–Crippen MR) is 71.7 cm³/mol. The van der Waals surface area contributed by atoms with Gasteiger partial charge in [0.25, 0.3) is 0 Å². The first-order valence-corrected chi connectivity index (χ1v) is 6.73. The van der Waals surface area contributed by atoms with E-state index in [2.05, 4.69) is 35.6 Å². The fourth-order valence-corrected chi connectivity index (χ4v) is 2.26. The van der Waals surface area contributed by atoms with E-state index in [1.54, 1.807) is 0 Å². The first-order chi connectivity index (χ1) is 8.06. The minimum atomic E-state index is 0.316. The molecular weight excluding hydrogens is 234 g/mol. The Bertz CT molecular complexity index is 384. The van der Waals surface area contributed by atoms with Crippen LogP contribution in [-0.2, 0) is 0 Å². The van der Waals surface area contributed by atoms with Crippen molar-refractivity contribution in [2.75, 3.05) is 18.0 Å². The van der Waals surface area contributed by atoms with Crippen molar-refractivity contribution in [2.24, 2.45) is 5.92 Å². The van der Waals surface area contributed by atoms with E-state index in [1.165, 1.54) is 12.8 Å². The lowest BCUT2D eigenvalue weighted by Gasteiger charge is -2.31. The van der Waals surface area contributed by atoms with Crippen LogP contribution in [0.15, 0.2) is 6.07 Å². The van der Waals surface area contributed by atoms with Gasteiger partial charge in [0, 0.05) is 25.1 Å². The minimum absolute atomic E-state index is 0.316. The maximum Gasteiger partial charge on any atom is 0.135 e. The molecular formula is C13H20ClN3. The molecule has 0 atom stereocenters. The van der Waals surface area contributed by atoms with Crippen molar-refractivity contribution < 1.29 is 0 Å². The van der Waals surface area contributed by atoms with Gasteiger partial charge in [-0.15, -0.1) is 0 Å². The molecule has 0 saturated carbocycles. The van der Waals surface area contributed by atoms with Gasteiger partial charge in [0.1, 0.15) is 16.8 Å². The zero-order valence-electron chi connectivity index (χ0n) is 10.8. The van der Waals surface area contributed by atoms with Crippen LogP contribution in [0.3, 0.4) is 0 Å². The van der Waals surface area contributed by atoms with Gasteiger partial charge >= 0.3 is 0 Å². The number of piperidine rings is 1. The van der Waals surface area contributed by atoms with Crippen molar-refractivity contribution in [3.05, 3.63) is 17.0 Å². The largest absolute Gasteiger partial charge is 0.356 e. The molecule has 0 bridgehead atoms. The van der Waals surface area contributed by atoms with Crippen molar-refractivity contribution >= 4 is 17.4 Å². The standard InChI is InChI=1S/C13H20ClN3/c1-9(2)13-15-11(14)8-12(16-13)17-6-4-10(3)5-7-17/h8-10H,4-7H2,1-3H3. The van der Waals surface area contributed by atoms with Gasteiger partial charge in [-0.1, -0.05) is 32.4 Å². The van der Waals surface area contributed by atoms with E-state index in [0.717, 1.165) is 30.6 Å².